The largest absolute Gasteiger partial charge is 0.384 e. The number of benzene rings is 2. The molecular weight excluding hydrogens is 392 g/mol. The van der Waals surface area contributed by atoms with Crippen LogP contribution in [0.5, 0.6) is 0 Å². The Morgan fingerprint density at radius 3 is 2.37 bits per heavy atom. The average Bonchev–Trinajstić information content (AvgIpc) is 2.77. The number of ketones is 2. The van der Waals surface area contributed by atoms with Gasteiger partial charge in [-0.15, -0.1) is 11.8 Å². The number of nitrogens with one attached hydrogen (secondary N) is 1. The molecule has 5 heteroatoms. The second-order valence-electron chi connectivity index (χ2n) is 7.58. The van der Waals surface area contributed by atoms with Gasteiger partial charge in [-0.1, -0.05) is 51.0 Å². The predicted octanol–water partition coefficient (Wildman–Crippen LogP) is 6.11. The van der Waals surface area contributed by atoms with Crippen LogP contribution >= 0.6 is 11.8 Å². The van der Waals surface area contributed by atoms with Crippen LogP contribution < -0.4 is 5.32 Å². The molecule has 0 saturated heterocycles. The first-order valence-corrected chi connectivity index (χ1v) is 11.7. The highest BCUT2D eigenvalue weighted by Gasteiger charge is 2.32. The molecule has 1 aliphatic carbocycles. The molecule has 1 heterocycles. The van der Waals surface area contributed by atoms with Crippen LogP contribution in [-0.4, -0.2) is 28.8 Å². The second-order valence-corrected chi connectivity index (χ2v) is 8.69. The zero-order valence-electron chi connectivity index (χ0n) is 17.5. The van der Waals surface area contributed by atoms with Crippen LogP contribution in [0.3, 0.4) is 0 Å². The maximum absolute atomic E-state index is 13.4. The summed E-state index contributed by atoms with van der Waals surface area (Å²) in [6.07, 6.45) is 4.41. The Balaban J connectivity index is 1.88. The molecule has 0 saturated carbocycles. The van der Waals surface area contributed by atoms with E-state index in [2.05, 4.69) is 25.2 Å². The molecule has 4 nitrogen and oxygen atoms in total. The summed E-state index contributed by atoms with van der Waals surface area (Å²) < 4.78 is 0. The van der Waals surface area contributed by atoms with Crippen molar-refractivity contribution in [3.63, 3.8) is 0 Å². The van der Waals surface area contributed by atoms with E-state index in [1.807, 2.05) is 6.07 Å². The van der Waals surface area contributed by atoms with Crippen LogP contribution in [0.15, 0.2) is 47.5 Å². The Bertz CT molecular complexity index is 1120. The smallest absolute Gasteiger partial charge is 0.196 e. The third-order valence-electron chi connectivity index (χ3n) is 5.44. The molecule has 154 valence electrons. The maximum atomic E-state index is 13.4. The van der Waals surface area contributed by atoms with E-state index in [9.17, 15) is 9.59 Å². The van der Waals surface area contributed by atoms with Gasteiger partial charge in [0.15, 0.2) is 11.6 Å². The molecular formula is C25H26N2O2S. The van der Waals surface area contributed by atoms with E-state index in [4.69, 9.17) is 4.98 Å². The SMILES string of the molecule is CCCCNc1cc(SCCCC)nc2c3c(ccc12)C(=O)c1ccccc1C3=O. The van der Waals surface area contributed by atoms with Crippen LogP contribution in [0.1, 0.15) is 71.4 Å². The van der Waals surface area contributed by atoms with Crippen molar-refractivity contribution in [3.05, 3.63) is 64.7 Å². The van der Waals surface area contributed by atoms with Gasteiger partial charge in [0, 0.05) is 34.3 Å². The van der Waals surface area contributed by atoms with Crippen molar-refractivity contribution in [2.75, 3.05) is 17.6 Å². The van der Waals surface area contributed by atoms with Crippen LogP contribution in [-0.2, 0) is 0 Å². The molecule has 0 bridgehead atoms. The summed E-state index contributed by atoms with van der Waals surface area (Å²) in [6, 6.07) is 12.8. The highest BCUT2D eigenvalue weighted by Crippen LogP contribution is 2.36. The third kappa shape index (κ3) is 3.74. The Morgan fingerprint density at radius 2 is 1.63 bits per heavy atom. The summed E-state index contributed by atoms with van der Waals surface area (Å²) in [5, 5.41) is 5.31. The van der Waals surface area contributed by atoms with Crippen molar-refractivity contribution in [1.82, 2.24) is 4.98 Å². The van der Waals surface area contributed by atoms with Gasteiger partial charge in [0.1, 0.15) is 0 Å². The lowest BCUT2D eigenvalue weighted by Crippen LogP contribution is -2.21. The molecule has 0 spiro atoms. The first-order valence-electron chi connectivity index (χ1n) is 10.7. The summed E-state index contributed by atoms with van der Waals surface area (Å²) >= 11 is 1.70. The normalized spacial score (nSPS) is 12.7. The lowest BCUT2D eigenvalue weighted by Gasteiger charge is -2.20. The number of fused-ring (bicyclic) bond motifs is 4. The zero-order chi connectivity index (χ0) is 21.1. The second kappa shape index (κ2) is 9.00. The first-order chi connectivity index (χ1) is 14.7. The van der Waals surface area contributed by atoms with Gasteiger partial charge in [-0.3, -0.25) is 9.59 Å². The predicted molar refractivity (Wildman–Crippen MR) is 124 cm³/mol. The van der Waals surface area contributed by atoms with Crippen LogP contribution in [0, 0.1) is 0 Å². The fraction of sp³-hybridized carbons (Fsp3) is 0.320. The van der Waals surface area contributed by atoms with Crippen molar-refractivity contribution in [1.29, 1.82) is 0 Å². The monoisotopic (exact) mass is 418 g/mol. The summed E-state index contributed by atoms with van der Waals surface area (Å²) in [7, 11) is 0. The van der Waals surface area contributed by atoms with Gasteiger partial charge >= 0.3 is 0 Å². The van der Waals surface area contributed by atoms with E-state index in [0.717, 1.165) is 54.1 Å². The van der Waals surface area contributed by atoms with Gasteiger partial charge in [0.2, 0.25) is 0 Å². The Labute approximate surface area is 181 Å². The van der Waals surface area contributed by atoms with Gasteiger partial charge < -0.3 is 5.32 Å². The first kappa shape index (κ1) is 20.6. The molecule has 1 aliphatic rings. The molecule has 1 N–H and O–H groups in total. The number of hydrogen-bond acceptors (Lipinski definition) is 5. The molecule has 30 heavy (non-hydrogen) atoms. The van der Waals surface area contributed by atoms with E-state index in [1.54, 1.807) is 42.1 Å². The third-order valence-corrected chi connectivity index (χ3v) is 6.44. The number of thioether (sulfide) groups is 1. The number of rotatable bonds is 8. The molecule has 2 aromatic carbocycles. The molecule has 1 aromatic heterocycles. The number of pyridine rings is 1. The summed E-state index contributed by atoms with van der Waals surface area (Å²) in [6.45, 7) is 5.20. The number of carbonyl (C=O) groups is 2. The fourth-order valence-corrected chi connectivity index (χ4v) is 4.79. The highest BCUT2D eigenvalue weighted by atomic mass is 32.2. The lowest BCUT2D eigenvalue weighted by atomic mass is 9.83. The number of anilines is 1. The van der Waals surface area contributed by atoms with E-state index in [1.165, 1.54) is 0 Å². The van der Waals surface area contributed by atoms with Crippen molar-refractivity contribution in [2.45, 2.75) is 44.6 Å². The van der Waals surface area contributed by atoms with Gasteiger partial charge in [-0.25, -0.2) is 4.98 Å². The molecule has 0 fully saturated rings. The van der Waals surface area contributed by atoms with Crippen molar-refractivity contribution < 1.29 is 9.59 Å². The number of carbonyl (C=O) groups excluding carboxylic acids is 2. The highest BCUT2D eigenvalue weighted by molar-refractivity contribution is 7.99. The summed E-state index contributed by atoms with van der Waals surface area (Å²) in [5.41, 5.74) is 3.44. The van der Waals surface area contributed by atoms with Crippen molar-refractivity contribution >= 4 is 39.9 Å². The lowest BCUT2D eigenvalue weighted by molar-refractivity contribution is 0.0980. The summed E-state index contributed by atoms with van der Waals surface area (Å²) in [5.74, 6) is 0.760. The van der Waals surface area contributed by atoms with Crippen molar-refractivity contribution in [2.24, 2.45) is 0 Å². The number of hydrogen-bond donors (Lipinski definition) is 1. The van der Waals surface area contributed by atoms with E-state index in [-0.39, 0.29) is 11.6 Å². The van der Waals surface area contributed by atoms with E-state index < -0.39 is 0 Å². The van der Waals surface area contributed by atoms with Gasteiger partial charge in [-0.05, 0) is 36.8 Å². The van der Waals surface area contributed by atoms with Gasteiger partial charge in [0.25, 0.3) is 0 Å². The number of unbranched alkanes of at least 4 members (excludes halogenated alkanes) is 2. The molecule has 0 atom stereocenters. The molecule has 3 aromatic rings. The van der Waals surface area contributed by atoms with Crippen molar-refractivity contribution in [3.8, 4) is 0 Å². The van der Waals surface area contributed by atoms with E-state index in [0.29, 0.717) is 27.8 Å². The molecule has 0 aliphatic heterocycles. The quantitative estimate of drug-likeness (QED) is 0.276. The molecule has 0 radical (unpaired) electrons. The molecule has 0 amide bonds. The Morgan fingerprint density at radius 1 is 0.900 bits per heavy atom. The van der Waals surface area contributed by atoms with Gasteiger partial charge in [-0.2, -0.15) is 0 Å². The van der Waals surface area contributed by atoms with Crippen LogP contribution in [0.25, 0.3) is 10.9 Å². The summed E-state index contributed by atoms with van der Waals surface area (Å²) in [4.78, 5) is 31.3. The minimum absolute atomic E-state index is 0.103. The minimum atomic E-state index is -0.117. The maximum Gasteiger partial charge on any atom is 0.196 e. The van der Waals surface area contributed by atoms with E-state index >= 15 is 0 Å². The molecule has 0 unspecified atom stereocenters. The van der Waals surface area contributed by atoms with Crippen LogP contribution in [0.4, 0.5) is 5.69 Å². The Kier molecular flexibility index (Phi) is 6.18. The van der Waals surface area contributed by atoms with Crippen LogP contribution in [0.2, 0.25) is 0 Å². The average molecular weight is 419 g/mol. The number of aromatic nitrogens is 1. The minimum Gasteiger partial charge on any atom is -0.384 e. The zero-order valence-corrected chi connectivity index (χ0v) is 18.3. The Hall–Kier alpha value is -2.66. The standard InChI is InChI=1S/C25H26N2O2S/c1-3-5-13-26-20-15-21(30-14-6-4-2)27-23-18(20)11-12-19-22(23)25(29)17-10-8-7-9-16(17)24(19)28/h7-12,15H,3-6,13-14H2,1-2H3,(H,26,27). The van der Waals surface area contributed by atoms with Gasteiger partial charge in [0.05, 0.1) is 16.1 Å². The fourth-order valence-electron chi connectivity index (χ4n) is 3.79. The number of nitrogens with zero attached hydrogens (tertiary/aromatic N) is 1. The molecule has 4 rings (SSSR count). The topological polar surface area (TPSA) is 59.1 Å².